The van der Waals surface area contributed by atoms with E-state index in [2.05, 4.69) is 24.8 Å². The highest BCUT2D eigenvalue weighted by molar-refractivity contribution is 5.93. The first kappa shape index (κ1) is 15.3. The number of hydrogen-bond acceptors (Lipinski definition) is 6. The van der Waals surface area contributed by atoms with Crippen molar-refractivity contribution in [3.8, 4) is 0 Å². The summed E-state index contributed by atoms with van der Waals surface area (Å²) in [4.78, 5) is 31.0. The van der Waals surface area contributed by atoms with E-state index in [0.717, 1.165) is 43.4 Å². The third-order valence-electron chi connectivity index (χ3n) is 4.14. The lowest BCUT2D eigenvalue weighted by Crippen LogP contribution is -2.35. The molecule has 1 saturated heterocycles. The van der Waals surface area contributed by atoms with E-state index in [4.69, 9.17) is 5.73 Å². The van der Waals surface area contributed by atoms with Crippen LogP contribution in [0.25, 0.3) is 0 Å². The van der Waals surface area contributed by atoms with Crippen molar-refractivity contribution in [1.82, 2.24) is 19.9 Å². The number of primary amides is 1. The van der Waals surface area contributed by atoms with Crippen molar-refractivity contribution in [3.05, 3.63) is 41.4 Å². The average Bonchev–Trinajstić information content (AvgIpc) is 2.54. The molecule has 0 radical (unpaired) electrons. The molecule has 3 rings (SSSR count). The van der Waals surface area contributed by atoms with Crippen molar-refractivity contribution in [2.45, 2.75) is 32.6 Å². The number of aromatic nitrogens is 4. The first-order chi connectivity index (χ1) is 11.0. The minimum atomic E-state index is -0.490. The number of carbonyl (C=O) groups excluding carboxylic acids is 1. The van der Waals surface area contributed by atoms with E-state index in [1.54, 1.807) is 13.1 Å². The minimum Gasteiger partial charge on any atom is -0.365 e. The first-order valence-electron chi connectivity index (χ1n) is 7.72. The number of piperidine rings is 1. The molecule has 7 heteroatoms. The number of nitrogens with two attached hydrogens (primary N) is 1. The van der Waals surface area contributed by atoms with Crippen LogP contribution in [0.15, 0.2) is 18.5 Å². The van der Waals surface area contributed by atoms with Crippen LogP contribution >= 0.6 is 0 Å². The van der Waals surface area contributed by atoms with Crippen LogP contribution in [0.1, 0.15) is 46.5 Å². The molecule has 1 fully saturated rings. The van der Waals surface area contributed by atoms with Gasteiger partial charge in [0.25, 0.3) is 5.91 Å². The Balaban J connectivity index is 1.81. The van der Waals surface area contributed by atoms with Crippen LogP contribution in [0, 0.1) is 13.8 Å². The minimum absolute atomic E-state index is 0.222. The number of aryl methyl sites for hydroxylation is 2. The van der Waals surface area contributed by atoms with Gasteiger partial charge in [-0.3, -0.25) is 4.79 Å². The third kappa shape index (κ3) is 3.28. The molecule has 1 aliphatic heterocycles. The Bertz CT molecular complexity index is 732. The summed E-state index contributed by atoms with van der Waals surface area (Å²) >= 11 is 0. The summed E-state index contributed by atoms with van der Waals surface area (Å²) in [6.07, 6.45) is 5.39. The number of anilines is 1. The topological polar surface area (TPSA) is 97.9 Å². The van der Waals surface area contributed by atoms with E-state index in [-0.39, 0.29) is 5.92 Å². The van der Waals surface area contributed by atoms with E-state index < -0.39 is 5.91 Å². The molecular formula is C16H20N6O. The summed E-state index contributed by atoms with van der Waals surface area (Å²) in [5.74, 6) is 2.20. The van der Waals surface area contributed by atoms with Gasteiger partial charge in [0.15, 0.2) is 0 Å². The van der Waals surface area contributed by atoms with Gasteiger partial charge in [-0.15, -0.1) is 0 Å². The monoisotopic (exact) mass is 312 g/mol. The summed E-state index contributed by atoms with van der Waals surface area (Å²) in [7, 11) is 0. The average molecular weight is 312 g/mol. The number of nitrogens with zero attached hydrogens (tertiary/aromatic N) is 5. The standard InChI is InChI=1S/C16H20N6O/c1-10-13(15(17)23)8-19-16(20-10)12-4-3-7-22(9-12)14-5-6-18-11(2)21-14/h5-6,8,12H,3-4,7,9H2,1-2H3,(H2,17,23)/t12-/m1/s1. The molecule has 0 aromatic carbocycles. The fraction of sp³-hybridized carbons (Fsp3) is 0.438. The highest BCUT2D eigenvalue weighted by atomic mass is 16.1. The molecule has 2 aromatic rings. The molecule has 23 heavy (non-hydrogen) atoms. The van der Waals surface area contributed by atoms with Gasteiger partial charge >= 0.3 is 0 Å². The molecule has 120 valence electrons. The van der Waals surface area contributed by atoms with Crippen LogP contribution in [0.5, 0.6) is 0 Å². The van der Waals surface area contributed by atoms with Crippen molar-refractivity contribution in [2.75, 3.05) is 18.0 Å². The lowest BCUT2D eigenvalue weighted by atomic mass is 9.97. The first-order valence-corrected chi connectivity index (χ1v) is 7.72. The molecule has 2 N–H and O–H groups in total. The van der Waals surface area contributed by atoms with Crippen LogP contribution in [0.3, 0.4) is 0 Å². The predicted octanol–water partition coefficient (Wildman–Crippen LogP) is 1.37. The molecule has 7 nitrogen and oxygen atoms in total. The predicted molar refractivity (Wildman–Crippen MR) is 86.2 cm³/mol. The molecule has 2 aromatic heterocycles. The molecule has 0 spiro atoms. The molecule has 1 aliphatic rings. The van der Waals surface area contributed by atoms with E-state index >= 15 is 0 Å². The zero-order valence-electron chi connectivity index (χ0n) is 13.4. The maximum atomic E-state index is 11.3. The summed E-state index contributed by atoms with van der Waals surface area (Å²) < 4.78 is 0. The molecule has 1 atom stereocenters. The SMILES string of the molecule is Cc1nccc(N2CCC[C@@H](c3ncc(C(N)=O)c(C)n3)C2)n1. The number of rotatable bonds is 3. The summed E-state index contributed by atoms with van der Waals surface area (Å²) in [6.45, 7) is 5.46. The number of carbonyl (C=O) groups is 1. The molecule has 0 aliphatic carbocycles. The fourth-order valence-electron chi connectivity index (χ4n) is 2.94. The molecule has 1 amide bonds. The smallest absolute Gasteiger partial charge is 0.252 e. The third-order valence-corrected chi connectivity index (χ3v) is 4.14. The normalized spacial score (nSPS) is 18.0. The Morgan fingerprint density at radius 1 is 1.30 bits per heavy atom. The van der Waals surface area contributed by atoms with Gasteiger partial charge < -0.3 is 10.6 Å². The Morgan fingerprint density at radius 3 is 2.83 bits per heavy atom. The van der Waals surface area contributed by atoms with Crippen LogP contribution in [-0.2, 0) is 0 Å². The summed E-state index contributed by atoms with van der Waals surface area (Å²) in [5.41, 5.74) is 6.33. The van der Waals surface area contributed by atoms with E-state index in [1.165, 1.54) is 6.20 Å². The summed E-state index contributed by atoms with van der Waals surface area (Å²) in [6, 6.07) is 1.93. The second-order valence-electron chi connectivity index (χ2n) is 5.84. The van der Waals surface area contributed by atoms with Gasteiger partial charge in [0.1, 0.15) is 17.5 Å². The highest BCUT2D eigenvalue weighted by Crippen LogP contribution is 2.27. The van der Waals surface area contributed by atoms with Gasteiger partial charge in [-0.25, -0.2) is 19.9 Å². The maximum absolute atomic E-state index is 11.3. The Morgan fingerprint density at radius 2 is 2.13 bits per heavy atom. The zero-order valence-corrected chi connectivity index (χ0v) is 13.4. The van der Waals surface area contributed by atoms with E-state index in [1.807, 2.05) is 13.0 Å². The molecule has 0 bridgehead atoms. The van der Waals surface area contributed by atoms with Crippen molar-refractivity contribution in [3.63, 3.8) is 0 Å². The van der Waals surface area contributed by atoms with Crippen LogP contribution in [-0.4, -0.2) is 38.9 Å². The van der Waals surface area contributed by atoms with Gasteiger partial charge in [-0.2, -0.15) is 0 Å². The number of amides is 1. The maximum Gasteiger partial charge on any atom is 0.252 e. The second-order valence-corrected chi connectivity index (χ2v) is 5.84. The molecule has 0 unspecified atom stereocenters. The van der Waals surface area contributed by atoms with E-state index in [0.29, 0.717) is 11.3 Å². The Hall–Kier alpha value is -2.57. The lowest BCUT2D eigenvalue weighted by Gasteiger charge is -2.33. The zero-order chi connectivity index (χ0) is 16.4. The van der Waals surface area contributed by atoms with Gasteiger partial charge in [0.2, 0.25) is 0 Å². The lowest BCUT2D eigenvalue weighted by molar-refractivity contribution is 0.0999. The van der Waals surface area contributed by atoms with Gasteiger partial charge in [-0.05, 0) is 32.8 Å². The van der Waals surface area contributed by atoms with E-state index in [9.17, 15) is 4.79 Å². The van der Waals surface area contributed by atoms with Gasteiger partial charge in [0.05, 0.1) is 11.3 Å². The fourth-order valence-corrected chi connectivity index (χ4v) is 2.94. The van der Waals surface area contributed by atoms with Crippen molar-refractivity contribution in [1.29, 1.82) is 0 Å². The van der Waals surface area contributed by atoms with Crippen LogP contribution in [0.4, 0.5) is 5.82 Å². The molecule has 0 saturated carbocycles. The van der Waals surface area contributed by atoms with Crippen molar-refractivity contribution >= 4 is 11.7 Å². The van der Waals surface area contributed by atoms with Crippen molar-refractivity contribution < 1.29 is 4.79 Å². The highest BCUT2D eigenvalue weighted by Gasteiger charge is 2.25. The Labute approximate surface area is 135 Å². The molecule has 3 heterocycles. The second kappa shape index (κ2) is 6.28. The summed E-state index contributed by atoms with van der Waals surface area (Å²) in [5, 5.41) is 0. The Kier molecular flexibility index (Phi) is 4.18. The largest absolute Gasteiger partial charge is 0.365 e. The van der Waals surface area contributed by atoms with Crippen LogP contribution in [0.2, 0.25) is 0 Å². The van der Waals surface area contributed by atoms with Crippen molar-refractivity contribution in [2.24, 2.45) is 5.73 Å². The van der Waals surface area contributed by atoms with Gasteiger partial charge in [-0.1, -0.05) is 0 Å². The number of hydrogen-bond donors (Lipinski definition) is 1. The van der Waals surface area contributed by atoms with Gasteiger partial charge in [0, 0.05) is 31.4 Å². The molecular weight excluding hydrogens is 292 g/mol. The quantitative estimate of drug-likeness (QED) is 0.919. The van der Waals surface area contributed by atoms with Crippen LogP contribution < -0.4 is 10.6 Å².